The summed E-state index contributed by atoms with van der Waals surface area (Å²) < 4.78 is 48.2. The Hall–Kier alpha value is -1.11. The summed E-state index contributed by atoms with van der Waals surface area (Å²) in [6.07, 6.45) is -3.27. The summed E-state index contributed by atoms with van der Waals surface area (Å²) in [5, 5.41) is 2.72. The van der Waals surface area contributed by atoms with Crippen LogP contribution < -0.4 is 5.32 Å². The molecule has 0 spiro atoms. The quantitative estimate of drug-likeness (QED) is 0.889. The number of hydrogen-bond acceptors (Lipinski definition) is 3. The van der Waals surface area contributed by atoms with Crippen molar-refractivity contribution in [3.05, 3.63) is 23.9 Å². The molecule has 17 heavy (non-hydrogen) atoms. The van der Waals surface area contributed by atoms with E-state index in [0.717, 1.165) is 18.3 Å². The lowest BCUT2D eigenvalue weighted by atomic mass is 10.2. The van der Waals surface area contributed by atoms with Gasteiger partial charge < -0.3 is 5.32 Å². The molecule has 0 aliphatic heterocycles. The number of rotatable bonds is 5. The molecule has 0 aromatic carbocycles. The summed E-state index contributed by atoms with van der Waals surface area (Å²) in [6, 6.07) is 1.85. The monoisotopic (exact) mass is 266 g/mol. The van der Waals surface area contributed by atoms with Crippen LogP contribution in [0.3, 0.4) is 0 Å². The van der Waals surface area contributed by atoms with E-state index in [9.17, 15) is 17.4 Å². The van der Waals surface area contributed by atoms with Crippen LogP contribution in [-0.4, -0.2) is 27.2 Å². The topological polar surface area (TPSA) is 42.0 Å². The van der Waals surface area contributed by atoms with E-state index in [1.54, 1.807) is 6.92 Å². The summed E-state index contributed by atoms with van der Waals surface area (Å²) >= 11 is 0. The molecule has 0 radical (unpaired) electrons. The molecule has 96 valence electrons. The van der Waals surface area contributed by atoms with Gasteiger partial charge in [-0.1, -0.05) is 6.92 Å². The molecule has 1 rings (SSSR count). The van der Waals surface area contributed by atoms with Gasteiger partial charge in [-0.3, -0.25) is 4.21 Å². The number of halogens is 3. The first kappa shape index (κ1) is 14.0. The average molecular weight is 266 g/mol. The zero-order valence-corrected chi connectivity index (χ0v) is 10.1. The smallest absolute Gasteiger partial charge is 0.369 e. The van der Waals surface area contributed by atoms with Crippen molar-refractivity contribution in [3.63, 3.8) is 0 Å². The summed E-state index contributed by atoms with van der Waals surface area (Å²) in [5.74, 6) is 1.08. The van der Waals surface area contributed by atoms with Crippen LogP contribution in [0.25, 0.3) is 0 Å². The normalized spacial score (nSPS) is 13.4. The Morgan fingerprint density at radius 3 is 2.76 bits per heavy atom. The molecule has 7 heteroatoms. The Morgan fingerprint density at radius 2 is 2.18 bits per heavy atom. The van der Waals surface area contributed by atoms with Gasteiger partial charge in [0.05, 0.1) is 5.56 Å². The van der Waals surface area contributed by atoms with Crippen molar-refractivity contribution in [2.75, 3.05) is 23.4 Å². The van der Waals surface area contributed by atoms with Gasteiger partial charge in [0, 0.05) is 35.0 Å². The summed E-state index contributed by atoms with van der Waals surface area (Å²) in [5.41, 5.74) is -0.744. The fraction of sp³-hybridized carbons (Fsp3) is 0.500. The highest BCUT2D eigenvalue weighted by Crippen LogP contribution is 2.29. The van der Waals surface area contributed by atoms with Crippen molar-refractivity contribution in [1.29, 1.82) is 0 Å². The van der Waals surface area contributed by atoms with Crippen molar-refractivity contribution in [1.82, 2.24) is 4.98 Å². The molecule has 0 amide bonds. The maximum atomic E-state index is 12.4. The third-order valence-corrected chi connectivity index (χ3v) is 3.35. The fourth-order valence-electron chi connectivity index (χ4n) is 1.14. The maximum absolute atomic E-state index is 12.4. The molecule has 0 fully saturated rings. The van der Waals surface area contributed by atoms with Crippen molar-refractivity contribution >= 4 is 16.6 Å². The van der Waals surface area contributed by atoms with Crippen LogP contribution in [0.4, 0.5) is 19.0 Å². The van der Waals surface area contributed by atoms with E-state index in [1.807, 2.05) is 0 Å². The molecule has 0 saturated carbocycles. The number of nitrogens with one attached hydrogen (secondary N) is 1. The van der Waals surface area contributed by atoms with Gasteiger partial charge in [-0.05, 0) is 12.1 Å². The minimum atomic E-state index is -4.37. The zero-order chi connectivity index (χ0) is 12.9. The largest absolute Gasteiger partial charge is 0.416 e. The lowest BCUT2D eigenvalue weighted by Gasteiger charge is -2.09. The van der Waals surface area contributed by atoms with Gasteiger partial charge >= 0.3 is 6.18 Å². The van der Waals surface area contributed by atoms with Crippen LogP contribution in [0.1, 0.15) is 12.5 Å². The molecule has 0 aliphatic rings. The predicted molar refractivity (Wildman–Crippen MR) is 61.3 cm³/mol. The lowest BCUT2D eigenvalue weighted by molar-refractivity contribution is -0.137. The van der Waals surface area contributed by atoms with Gasteiger partial charge in [0.2, 0.25) is 0 Å². The number of nitrogens with zero attached hydrogens (tertiary/aromatic N) is 1. The molecule has 0 aliphatic carbocycles. The standard InChI is InChI=1S/C10H13F3N2OS/c1-2-17(16)6-5-15-9-7-8(3-4-14-9)10(11,12)13/h3-4,7H,2,5-6H2,1H3,(H,14,15). The molecule has 0 bridgehead atoms. The van der Waals surface area contributed by atoms with Crippen LogP contribution in [0.15, 0.2) is 18.3 Å². The average Bonchev–Trinajstić information content (AvgIpc) is 2.28. The zero-order valence-electron chi connectivity index (χ0n) is 9.25. The fourth-order valence-corrected chi connectivity index (χ4v) is 1.76. The number of hydrogen-bond donors (Lipinski definition) is 1. The van der Waals surface area contributed by atoms with Gasteiger partial charge in [-0.2, -0.15) is 13.2 Å². The Bertz CT molecular complexity index is 395. The predicted octanol–water partition coefficient (Wildman–Crippen LogP) is 2.28. The molecular weight excluding hydrogens is 253 g/mol. The number of aromatic nitrogens is 1. The highest BCUT2D eigenvalue weighted by Gasteiger charge is 2.30. The van der Waals surface area contributed by atoms with E-state index in [-0.39, 0.29) is 5.82 Å². The SMILES string of the molecule is CCS(=O)CCNc1cc(C(F)(F)F)ccn1. The second-order valence-corrected chi connectivity index (χ2v) is 5.15. The van der Waals surface area contributed by atoms with Gasteiger partial charge in [0.1, 0.15) is 5.82 Å². The number of pyridine rings is 1. The van der Waals surface area contributed by atoms with E-state index in [1.165, 1.54) is 0 Å². The first-order valence-electron chi connectivity index (χ1n) is 5.05. The highest BCUT2D eigenvalue weighted by molar-refractivity contribution is 7.84. The molecule has 0 saturated heterocycles. The molecule has 1 aromatic rings. The first-order valence-corrected chi connectivity index (χ1v) is 6.54. The Labute approximate surface area is 99.9 Å². The summed E-state index contributed by atoms with van der Waals surface area (Å²) in [4.78, 5) is 3.77. The van der Waals surface area contributed by atoms with Crippen molar-refractivity contribution < 1.29 is 17.4 Å². The summed E-state index contributed by atoms with van der Waals surface area (Å²) in [6.45, 7) is 2.13. The van der Waals surface area contributed by atoms with Crippen molar-refractivity contribution in [2.45, 2.75) is 13.1 Å². The van der Waals surface area contributed by atoms with Gasteiger partial charge in [0.25, 0.3) is 0 Å². The van der Waals surface area contributed by atoms with Crippen LogP contribution in [0.2, 0.25) is 0 Å². The van der Waals surface area contributed by atoms with Crippen LogP contribution in [0, 0.1) is 0 Å². The number of alkyl halides is 3. The van der Waals surface area contributed by atoms with Crippen LogP contribution in [0.5, 0.6) is 0 Å². The summed E-state index contributed by atoms with van der Waals surface area (Å²) in [7, 11) is -0.936. The van der Waals surface area contributed by atoms with E-state index in [4.69, 9.17) is 0 Å². The first-order chi connectivity index (χ1) is 7.93. The Morgan fingerprint density at radius 1 is 1.47 bits per heavy atom. The molecule has 1 N–H and O–H groups in total. The van der Waals surface area contributed by atoms with E-state index in [2.05, 4.69) is 10.3 Å². The molecule has 3 nitrogen and oxygen atoms in total. The minimum Gasteiger partial charge on any atom is -0.369 e. The molecule has 1 atom stereocenters. The maximum Gasteiger partial charge on any atom is 0.416 e. The second kappa shape index (κ2) is 6.00. The van der Waals surface area contributed by atoms with E-state index in [0.29, 0.717) is 18.1 Å². The van der Waals surface area contributed by atoms with E-state index < -0.39 is 22.5 Å². The van der Waals surface area contributed by atoms with Crippen LogP contribution in [-0.2, 0) is 17.0 Å². The highest BCUT2D eigenvalue weighted by atomic mass is 32.2. The van der Waals surface area contributed by atoms with Crippen molar-refractivity contribution in [2.24, 2.45) is 0 Å². The van der Waals surface area contributed by atoms with Crippen molar-refractivity contribution in [3.8, 4) is 0 Å². The van der Waals surface area contributed by atoms with Gasteiger partial charge in [-0.25, -0.2) is 4.98 Å². The van der Waals surface area contributed by atoms with Gasteiger partial charge in [0.15, 0.2) is 0 Å². The second-order valence-electron chi connectivity index (χ2n) is 3.29. The van der Waals surface area contributed by atoms with Gasteiger partial charge in [-0.15, -0.1) is 0 Å². The molecular formula is C10H13F3N2OS. The molecule has 1 unspecified atom stereocenters. The van der Waals surface area contributed by atoms with Crippen LogP contribution >= 0.6 is 0 Å². The minimum absolute atomic E-state index is 0.146. The van der Waals surface area contributed by atoms with E-state index >= 15 is 0 Å². The number of anilines is 1. The molecule has 1 heterocycles. The molecule has 1 aromatic heterocycles. The third-order valence-electron chi connectivity index (χ3n) is 2.05. The lowest BCUT2D eigenvalue weighted by Crippen LogP contribution is -2.13. The Balaban J connectivity index is 2.58. The Kier molecular flexibility index (Phi) is 4.92. The third kappa shape index (κ3) is 4.72.